The summed E-state index contributed by atoms with van der Waals surface area (Å²) >= 11 is 1.87. The van der Waals surface area contributed by atoms with Gasteiger partial charge in [0.15, 0.2) is 0 Å². The van der Waals surface area contributed by atoms with Crippen molar-refractivity contribution in [2.45, 2.75) is 38.6 Å². The van der Waals surface area contributed by atoms with Crippen LogP contribution in [0.4, 0.5) is 0 Å². The summed E-state index contributed by atoms with van der Waals surface area (Å²) in [5.41, 5.74) is 9.25. The van der Waals surface area contributed by atoms with E-state index in [9.17, 15) is 0 Å². The maximum Gasteiger partial charge on any atom is 0.0965 e. The molecule has 3 rings (SSSR count). The molecule has 0 unspecified atom stereocenters. The lowest BCUT2D eigenvalue weighted by Gasteiger charge is -2.22. The van der Waals surface area contributed by atoms with E-state index in [1.165, 1.54) is 46.0 Å². The van der Waals surface area contributed by atoms with Crippen LogP contribution in [0.15, 0.2) is 24.3 Å². The molecule has 1 aliphatic rings. The first-order valence-electron chi connectivity index (χ1n) is 6.54. The van der Waals surface area contributed by atoms with E-state index in [1.807, 2.05) is 11.3 Å². The zero-order valence-corrected chi connectivity index (χ0v) is 11.5. The minimum absolute atomic E-state index is 0.606. The molecule has 0 saturated heterocycles. The summed E-state index contributed by atoms with van der Waals surface area (Å²) in [6.07, 6.45) is 4.00. The second-order valence-corrected chi connectivity index (χ2v) is 6.03. The number of hydrogen-bond acceptors (Lipinski definition) is 3. The van der Waals surface area contributed by atoms with Crippen molar-refractivity contribution in [2.24, 2.45) is 5.73 Å². The van der Waals surface area contributed by atoms with Crippen molar-refractivity contribution < 1.29 is 0 Å². The standard InChI is InChI=1S/C15H18N2S/c1-10-14(12-7-5-11(9-16)6-8-12)18-15(17-10)13-3-2-4-13/h5-8,13H,2-4,9,16H2,1H3. The van der Waals surface area contributed by atoms with Crippen molar-refractivity contribution in [3.05, 3.63) is 40.5 Å². The van der Waals surface area contributed by atoms with Crippen molar-refractivity contribution in [2.75, 3.05) is 0 Å². The van der Waals surface area contributed by atoms with E-state index in [2.05, 4.69) is 31.2 Å². The minimum Gasteiger partial charge on any atom is -0.326 e. The van der Waals surface area contributed by atoms with E-state index >= 15 is 0 Å². The van der Waals surface area contributed by atoms with Crippen molar-refractivity contribution in [1.82, 2.24) is 4.98 Å². The zero-order valence-electron chi connectivity index (χ0n) is 10.6. The summed E-state index contributed by atoms with van der Waals surface area (Å²) in [5, 5.41) is 1.33. The molecular weight excluding hydrogens is 240 g/mol. The average molecular weight is 258 g/mol. The molecule has 0 atom stereocenters. The molecule has 2 N–H and O–H groups in total. The highest BCUT2D eigenvalue weighted by atomic mass is 32.1. The van der Waals surface area contributed by atoms with Crippen LogP contribution in [-0.2, 0) is 6.54 Å². The Bertz CT molecular complexity index is 538. The third kappa shape index (κ3) is 2.08. The van der Waals surface area contributed by atoms with Crippen LogP contribution in [0.3, 0.4) is 0 Å². The third-order valence-electron chi connectivity index (χ3n) is 3.72. The van der Waals surface area contributed by atoms with Crippen LogP contribution >= 0.6 is 11.3 Å². The lowest BCUT2D eigenvalue weighted by atomic mass is 9.86. The molecule has 1 fully saturated rings. The minimum atomic E-state index is 0.606. The van der Waals surface area contributed by atoms with Crippen LogP contribution in [0.2, 0.25) is 0 Å². The molecule has 94 valence electrons. The lowest BCUT2D eigenvalue weighted by molar-refractivity contribution is 0.418. The van der Waals surface area contributed by atoms with Crippen LogP contribution in [0.5, 0.6) is 0 Å². The number of rotatable bonds is 3. The molecule has 18 heavy (non-hydrogen) atoms. The third-order valence-corrected chi connectivity index (χ3v) is 5.09. The van der Waals surface area contributed by atoms with Crippen molar-refractivity contribution in [3.8, 4) is 10.4 Å². The largest absolute Gasteiger partial charge is 0.326 e. The highest BCUT2D eigenvalue weighted by molar-refractivity contribution is 7.15. The average Bonchev–Trinajstić information content (AvgIpc) is 2.69. The fourth-order valence-electron chi connectivity index (χ4n) is 2.31. The van der Waals surface area contributed by atoms with Crippen LogP contribution < -0.4 is 5.73 Å². The Morgan fingerprint density at radius 3 is 2.56 bits per heavy atom. The van der Waals surface area contributed by atoms with Crippen molar-refractivity contribution >= 4 is 11.3 Å². The molecule has 1 aliphatic carbocycles. The normalized spacial score (nSPS) is 15.7. The van der Waals surface area contributed by atoms with E-state index in [-0.39, 0.29) is 0 Å². The fourth-order valence-corrected chi connectivity index (χ4v) is 3.55. The molecular formula is C15H18N2S. The van der Waals surface area contributed by atoms with Crippen LogP contribution in [0, 0.1) is 6.92 Å². The van der Waals surface area contributed by atoms with Gasteiger partial charge in [0.2, 0.25) is 0 Å². The molecule has 0 radical (unpaired) electrons. The molecule has 0 bridgehead atoms. The van der Waals surface area contributed by atoms with Gasteiger partial charge >= 0.3 is 0 Å². The number of nitrogens with two attached hydrogens (primary N) is 1. The highest BCUT2D eigenvalue weighted by Gasteiger charge is 2.24. The smallest absolute Gasteiger partial charge is 0.0965 e. The van der Waals surface area contributed by atoms with Gasteiger partial charge in [0.1, 0.15) is 0 Å². The van der Waals surface area contributed by atoms with Gasteiger partial charge in [0, 0.05) is 12.5 Å². The predicted octanol–water partition coefficient (Wildman–Crippen LogP) is 3.84. The SMILES string of the molecule is Cc1nc(C2CCC2)sc1-c1ccc(CN)cc1. The molecule has 1 saturated carbocycles. The zero-order chi connectivity index (χ0) is 12.5. The first-order valence-corrected chi connectivity index (χ1v) is 7.36. The monoisotopic (exact) mass is 258 g/mol. The van der Waals surface area contributed by atoms with E-state index in [0.717, 1.165) is 5.92 Å². The maximum atomic E-state index is 5.63. The number of aryl methyl sites for hydroxylation is 1. The summed E-state index contributed by atoms with van der Waals surface area (Å²) in [6.45, 7) is 2.72. The molecule has 1 aromatic carbocycles. The Morgan fingerprint density at radius 2 is 2.00 bits per heavy atom. The maximum absolute atomic E-state index is 5.63. The highest BCUT2D eigenvalue weighted by Crippen LogP contribution is 2.41. The summed E-state index contributed by atoms with van der Waals surface area (Å²) in [7, 11) is 0. The van der Waals surface area contributed by atoms with E-state index < -0.39 is 0 Å². The summed E-state index contributed by atoms with van der Waals surface area (Å²) < 4.78 is 0. The molecule has 3 heteroatoms. The second-order valence-electron chi connectivity index (χ2n) is 5.00. The van der Waals surface area contributed by atoms with Gasteiger partial charge in [-0.1, -0.05) is 30.7 Å². The van der Waals surface area contributed by atoms with E-state index in [0.29, 0.717) is 6.54 Å². The predicted molar refractivity (Wildman–Crippen MR) is 76.8 cm³/mol. The van der Waals surface area contributed by atoms with E-state index in [1.54, 1.807) is 0 Å². The quantitative estimate of drug-likeness (QED) is 0.908. The van der Waals surface area contributed by atoms with Gasteiger partial charge in [-0.3, -0.25) is 0 Å². The van der Waals surface area contributed by atoms with E-state index in [4.69, 9.17) is 10.7 Å². The van der Waals surface area contributed by atoms with Crippen molar-refractivity contribution in [3.63, 3.8) is 0 Å². The first-order chi connectivity index (χ1) is 8.78. The summed E-state index contributed by atoms with van der Waals surface area (Å²) in [6, 6.07) is 8.54. The van der Waals surface area contributed by atoms with Gasteiger partial charge in [-0.05, 0) is 30.9 Å². The Morgan fingerprint density at radius 1 is 1.28 bits per heavy atom. The van der Waals surface area contributed by atoms with Gasteiger partial charge in [0.05, 0.1) is 15.6 Å². The Balaban J connectivity index is 1.92. The molecule has 0 aliphatic heterocycles. The number of thiazole rings is 1. The van der Waals surface area contributed by atoms with Crippen LogP contribution in [0.1, 0.15) is 41.4 Å². The fraction of sp³-hybridized carbons (Fsp3) is 0.400. The summed E-state index contributed by atoms with van der Waals surface area (Å²) in [5.74, 6) is 0.728. The topological polar surface area (TPSA) is 38.9 Å². The van der Waals surface area contributed by atoms with Crippen LogP contribution in [0.25, 0.3) is 10.4 Å². The Labute approximate surface area is 112 Å². The lowest BCUT2D eigenvalue weighted by Crippen LogP contribution is -2.07. The van der Waals surface area contributed by atoms with Gasteiger partial charge in [-0.15, -0.1) is 11.3 Å². The number of nitrogens with zero attached hydrogens (tertiary/aromatic N) is 1. The summed E-state index contributed by atoms with van der Waals surface area (Å²) in [4.78, 5) is 6.07. The van der Waals surface area contributed by atoms with Crippen LogP contribution in [-0.4, -0.2) is 4.98 Å². The molecule has 2 aromatic rings. The van der Waals surface area contributed by atoms with Crippen molar-refractivity contribution in [1.29, 1.82) is 0 Å². The van der Waals surface area contributed by atoms with Gasteiger partial charge in [0.25, 0.3) is 0 Å². The Kier molecular flexibility index (Phi) is 3.18. The van der Waals surface area contributed by atoms with Gasteiger partial charge in [-0.2, -0.15) is 0 Å². The first kappa shape index (κ1) is 11.9. The number of benzene rings is 1. The molecule has 0 amide bonds. The molecule has 1 aromatic heterocycles. The second kappa shape index (κ2) is 4.82. The number of hydrogen-bond donors (Lipinski definition) is 1. The molecule has 2 nitrogen and oxygen atoms in total. The molecule has 0 spiro atoms. The Hall–Kier alpha value is -1.19. The van der Waals surface area contributed by atoms with Gasteiger partial charge in [-0.25, -0.2) is 4.98 Å². The molecule has 1 heterocycles. The van der Waals surface area contributed by atoms with Gasteiger partial charge < -0.3 is 5.73 Å². The number of aromatic nitrogens is 1.